The number of benzene rings is 3. The van der Waals surface area contributed by atoms with Crippen LogP contribution in [0.25, 0.3) is 0 Å². The fraction of sp³-hybridized carbons (Fsp3) is 0.154. The molecule has 3 rings (SSSR count). The van der Waals surface area contributed by atoms with Crippen LogP contribution in [0.15, 0.2) is 91.0 Å². The Bertz CT molecular complexity index is 1100. The van der Waals surface area contributed by atoms with Crippen molar-refractivity contribution in [2.24, 2.45) is 0 Å². The molecule has 0 unspecified atom stereocenters. The van der Waals surface area contributed by atoms with E-state index in [4.69, 9.17) is 14.2 Å². The second-order valence-corrected chi connectivity index (χ2v) is 7.10. The average Bonchev–Trinajstić information content (AvgIpc) is 2.90. The van der Waals surface area contributed by atoms with Crippen LogP contribution < -0.4 is 0 Å². The van der Waals surface area contributed by atoms with Crippen molar-refractivity contribution >= 4 is 24.2 Å². The van der Waals surface area contributed by atoms with E-state index < -0.39 is 42.8 Å². The molecule has 0 radical (unpaired) electrons. The molecule has 34 heavy (non-hydrogen) atoms. The van der Waals surface area contributed by atoms with E-state index in [0.717, 1.165) is 0 Å². The van der Waals surface area contributed by atoms with E-state index in [9.17, 15) is 24.3 Å². The first-order valence-corrected chi connectivity index (χ1v) is 10.4. The molecule has 0 aliphatic carbocycles. The molecule has 1 N–H and O–H groups in total. The topological polar surface area (TPSA) is 116 Å². The van der Waals surface area contributed by atoms with Gasteiger partial charge < -0.3 is 19.3 Å². The SMILES string of the molecule is O=C[C@H](OC(=O)c1ccccc1)[C@@H](OC(=O)c1ccccc1)[C@H](CO)OC(=O)c1ccccc1. The van der Waals surface area contributed by atoms with Crippen LogP contribution in [0.5, 0.6) is 0 Å². The maximum atomic E-state index is 12.7. The first-order valence-electron chi connectivity index (χ1n) is 10.4. The fourth-order valence-electron chi connectivity index (χ4n) is 3.05. The maximum absolute atomic E-state index is 12.7. The van der Waals surface area contributed by atoms with Crippen molar-refractivity contribution in [2.45, 2.75) is 18.3 Å². The Hall–Kier alpha value is -4.30. The highest BCUT2D eigenvalue weighted by Crippen LogP contribution is 2.18. The predicted octanol–water partition coefficient (Wildman–Crippen LogP) is 2.85. The zero-order valence-corrected chi connectivity index (χ0v) is 18.0. The Morgan fingerprint density at radius 1 is 0.647 bits per heavy atom. The Morgan fingerprint density at radius 2 is 1.03 bits per heavy atom. The van der Waals surface area contributed by atoms with E-state index in [2.05, 4.69) is 0 Å². The van der Waals surface area contributed by atoms with E-state index in [1.807, 2.05) is 0 Å². The van der Waals surface area contributed by atoms with Crippen LogP contribution in [-0.4, -0.2) is 54.2 Å². The van der Waals surface area contributed by atoms with E-state index in [-0.39, 0.29) is 23.0 Å². The van der Waals surface area contributed by atoms with Crippen molar-refractivity contribution in [3.63, 3.8) is 0 Å². The monoisotopic (exact) mass is 462 g/mol. The molecule has 0 aromatic heterocycles. The van der Waals surface area contributed by atoms with Crippen molar-refractivity contribution in [2.75, 3.05) is 6.61 Å². The van der Waals surface area contributed by atoms with Gasteiger partial charge in [-0.15, -0.1) is 0 Å². The van der Waals surface area contributed by atoms with Crippen LogP contribution >= 0.6 is 0 Å². The summed E-state index contributed by atoms with van der Waals surface area (Å²) < 4.78 is 16.0. The van der Waals surface area contributed by atoms with E-state index in [0.29, 0.717) is 0 Å². The fourth-order valence-corrected chi connectivity index (χ4v) is 3.05. The molecule has 0 fully saturated rings. The molecule has 8 heteroatoms. The first kappa shape index (κ1) is 24.3. The van der Waals surface area contributed by atoms with Gasteiger partial charge in [-0.3, -0.25) is 4.79 Å². The molecule has 174 valence electrons. The molecule has 0 aliphatic rings. The van der Waals surface area contributed by atoms with Gasteiger partial charge in [0, 0.05) is 0 Å². The first-order chi connectivity index (χ1) is 16.5. The Labute approximate surface area is 195 Å². The lowest BCUT2D eigenvalue weighted by Gasteiger charge is -2.29. The number of hydrogen-bond acceptors (Lipinski definition) is 8. The summed E-state index contributed by atoms with van der Waals surface area (Å²) in [5, 5.41) is 9.95. The normalized spacial score (nSPS) is 13.1. The molecule has 8 nitrogen and oxygen atoms in total. The molecule has 3 aromatic carbocycles. The Morgan fingerprint density at radius 3 is 1.41 bits per heavy atom. The summed E-state index contributed by atoms with van der Waals surface area (Å²) in [6, 6.07) is 23.7. The van der Waals surface area contributed by atoms with Crippen molar-refractivity contribution in [1.29, 1.82) is 0 Å². The number of rotatable bonds is 10. The lowest BCUT2D eigenvalue weighted by molar-refractivity contribution is -0.131. The van der Waals surface area contributed by atoms with Crippen LogP contribution in [0.1, 0.15) is 31.1 Å². The molecule has 3 aromatic rings. The molecule has 0 bridgehead atoms. The van der Waals surface area contributed by atoms with Crippen molar-refractivity contribution in [3.05, 3.63) is 108 Å². The molecule has 3 atom stereocenters. The van der Waals surface area contributed by atoms with Gasteiger partial charge in [0.1, 0.15) is 0 Å². The summed E-state index contributed by atoms with van der Waals surface area (Å²) in [5.74, 6) is -2.54. The van der Waals surface area contributed by atoms with E-state index in [1.54, 1.807) is 54.6 Å². The average molecular weight is 462 g/mol. The molecule has 0 saturated heterocycles. The summed E-state index contributed by atoms with van der Waals surface area (Å²) in [6.45, 7) is -0.807. The van der Waals surface area contributed by atoms with Gasteiger partial charge in [0.15, 0.2) is 24.6 Å². The quantitative estimate of drug-likeness (QED) is 0.278. The number of aliphatic hydroxyl groups is 1. The number of aliphatic hydroxyl groups excluding tert-OH is 1. The van der Waals surface area contributed by atoms with Gasteiger partial charge in [-0.25, -0.2) is 14.4 Å². The third-order valence-electron chi connectivity index (χ3n) is 4.78. The van der Waals surface area contributed by atoms with Crippen LogP contribution in [0.3, 0.4) is 0 Å². The minimum atomic E-state index is -1.67. The minimum absolute atomic E-state index is 0.151. The van der Waals surface area contributed by atoms with Gasteiger partial charge in [0.05, 0.1) is 23.3 Å². The smallest absolute Gasteiger partial charge is 0.338 e. The molecule has 0 heterocycles. The van der Waals surface area contributed by atoms with Gasteiger partial charge in [-0.1, -0.05) is 54.6 Å². The second kappa shape index (κ2) is 12.1. The summed E-state index contributed by atoms with van der Waals surface area (Å²) in [7, 11) is 0. The van der Waals surface area contributed by atoms with Crippen LogP contribution in [0, 0.1) is 0 Å². The van der Waals surface area contributed by atoms with Gasteiger partial charge in [0.25, 0.3) is 0 Å². The van der Waals surface area contributed by atoms with Gasteiger partial charge in [-0.2, -0.15) is 0 Å². The van der Waals surface area contributed by atoms with Gasteiger partial charge >= 0.3 is 17.9 Å². The number of carbonyl (C=O) groups is 4. The molecule has 0 amide bonds. The molecule has 0 saturated carbocycles. The number of hydrogen-bond donors (Lipinski definition) is 1. The number of carbonyl (C=O) groups excluding carboxylic acids is 4. The van der Waals surface area contributed by atoms with Crippen molar-refractivity contribution < 1.29 is 38.5 Å². The number of ether oxygens (including phenoxy) is 3. The summed E-state index contributed by atoms with van der Waals surface area (Å²) in [4.78, 5) is 49.7. The summed E-state index contributed by atoms with van der Waals surface area (Å²) in [5.41, 5.74) is 0.486. The lowest BCUT2D eigenvalue weighted by atomic mass is 10.1. The minimum Gasteiger partial charge on any atom is -0.452 e. The summed E-state index contributed by atoms with van der Waals surface area (Å²) >= 11 is 0. The predicted molar refractivity (Wildman–Crippen MR) is 120 cm³/mol. The Balaban J connectivity index is 1.87. The summed E-state index contributed by atoms with van der Waals surface area (Å²) in [6.07, 6.45) is -4.53. The molecular weight excluding hydrogens is 440 g/mol. The van der Waals surface area contributed by atoms with Crippen molar-refractivity contribution in [3.8, 4) is 0 Å². The third kappa shape index (κ3) is 6.36. The highest BCUT2D eigenvalue weighted by molar-refractivity contribution is 5.92. The van der Waals surface area contributed by atoms with Crippen LogP contribution in [-0.2, 0) is 19.0 Å². The number of aldehydes is 1. The standard InChI is InChI=1S/C26H22O8/c27-16-21(32-24(29)18-10-4-1-5-11-18)23(34-26(31)20-14-8-3-9-15-20)22(17-28)33-25(30)19-12-6-2-7-13-19/h1-16,21-23,28H,17H2/t21-,22-,23+/m0/s1. The number of esters is 3. The Kier molecular flexibility index (Phi) is 8.65. The maximum Gasteiger partial charge on any atom is 0.338 e. The van der Waals surface area contributed by atoms with Crippen LogP contribution in [0.2, 0.25) is 0 Å². The molecule has 0 spiro atoms. The molecular formula is C26H22O8. The van der Waals surface area contributed by atoms with Gasteiger partial charge in [0.2, 0.25) is 0 Å². The van der Waals surface area contributed by atoms with Gasteiger partial charge in [-0.05, 0) is 36.4 Å². The van der Waals surface area contributed by atoms with E-state index in [1.165, 1.54) is 36.4 Å². The highest BCUT2D eigenvalue weighted by Gasteiger charge is 2.38. The third-order valence-corrected chi connectivity index (χ3v) is 4.78. The zero-order valence-electron chi connectivity index (χ0n) is 18.0. The zero-order chi connectivity index (χ0) is 24.3. The largest absolute Gasteiger partial charge is 0.452 e. The highest BCUT2D eigenvalue weighted by atomic mass is 16.6. The van der Waals surface area contributed by atoms with E-state index >= 15 is 0 Å². The molecule has 0 aliphatic heterocycles. The second-order valence-electron chi connectivity index (χ2n) is 7.10. The lowest BCUT2D eigenvalue weighted by Crippen LogP contribution is -2.48. The van der Waals surface area contributed by atoms with Crippen molar-refractivity contribution in [1.82, 2.24) is 0 Å². The van der Waals surface area contributed by atoms with Crippen LogP contribution in [0.4, 0.5) is 0 Å².